The summed E-state index contributed by atoms with van der Waals surface area (Å²) in [6.07, 6.45) is 1.06. The number of nitrogens with two attached hydrogens (primary N) is 1. The SMILES string of the molecule is NC(=O)CCCI=O. The molecule has 0 aromatic heterocycles. The maximum Gasteiger partial charge on any atom is 0.217 e. The molecule has 0 aliphatic carbocycles. The number of halogens is 1. The van der Waals surface area contributed by atoms with Crippen LogP contribution in [0.15, 0.2) is 0 Å². The first-order valence-electron chi connectivity index (χ1n) is 2.27. The molecular formula is C4H8INO2. The Balaban J connectivity index is 2.93. The summed E-state index contributed by atoms with van der Waals surface area (Å²) < 4.78 is 10.5. The second-order valence-electron chi connectivity index (χ2n) is 1.37. The zero-order chi connectivity index (χ0) is 6.41. The van der Waals surface area contributed by atoms with Gasteiger partial charge in [-0.2, -0.15) is 0 Å². The highest BCUT2D eigenvalue weighted by Crippen LogP contribution is 1.97. The summed E-state index contributed by atoms with van der Waals surface area (Å²) in [5.41, 5.74) is 4.80. The third-order valence-corrected chi connectivity index (χ3v) is 1.84. The molecule has 0 aromatic carbocycles. The Morgan fingerprint density at radius 2 is 2.25 bits per heavy atom. The van der Waals surface area contributed by atoms with Crippen LogP contribution in [0.5, 0.6) is 0 Å². The summed E-state index contributed by atoms with van der Waals surface area (Å²) in [5.74, 6) is -0.303. The number of primary amides is 1. The molecule has 1 amide bonds. The molecule has 0 aliphatic heterocycles. The molecule has 0 rings (SSSR count). The predicted molar refractivity (Wildman–Crippen MR) is 38.0 cm³/mol. The molecule has 0 spiro atoms. The summed E-state index contributed by atoms with van der Waals surface area (Å²) in [6.45, 7) is 0. The van der Waals surface area contributed by atoms with Crippen molar-refractivity contribution in [3.05, 3.63) is 0 Å². The smallest absolute Gasteiger partial charge is 0.217 e. The van der Waals surface area contributed by atoms with Gasteiger partial charge in [-0.05, 0) is 6.42 Å². The third-order valence-electron chi connectivity index (χ3n) is 0.634. The highest BCUT2D eigenvalue weighted by molar-refractivity contribution is 14.1. The molecule has 0 unspecified atom stereocenters. The van der Waals surface area contributed by atoms with Gasteiger partial charge in [-0.25, -0.2) is 0 Å². The van der Waals surface area contributed by atoms with Crippen molar-refractivity contribution in [2.24, 2.45) is 5.73 Å². The first-order chi connectivity index (χ1) is 3.77. The van der Waals surface area contributed by atoms with Gasteiger partial charge in [-0.15, -0.1) is 0 Å². The van der Waals surface area contributed by atoms with E-state index in [0.29, 0.717) is 17.3 Å². The molecule has 48 valence electrons. The highest BCUT2D eigenvalue weighted by atomic mass is 127. The molecule has 0 saturated carbocycles. The summed E-state index contributed by atoms with van der Waals surface area (Å²) >= 11 is -0.882. The van der Waals surface area contributed by atoms with Crippen LogP contribution in [0.1, 0.15) is 12.8 Å². The third kappa shape index (κ3) is 6.00. The van der Waals surface area contributed by atoms with Gasteiger partial charge < -0.3 is 5.73 Å². The molecular weight excluding hydrogens is 221 g/mol. The average molecular weight is 229 g/mol. The lowest BCUT2D eigenvalue weighted by atomic mass is 10.3. The van der Waals surface area contributed by atoms with E-state index in [0.717, 1.165) is 0 Å². The minimum Gasteiger partial charge on any atom is -0.370 e. The van der Waals surface area contributed by atoms with Crippen LogP contribution < -0.4 is 5.73 Å². The maximum atomic E-state index is 10.0. The van der Waals surface area contributed by atoms with Crippen LogP contribution in [0.2, 0.25) is 0 Å². The van der Waals surface area contributed by atoms with E-state index < -0.39 is 21.2 Å². The van der Waals surface area contributed by atoms with Crippen LogP contribution in [-0.2, 0) is 7.86 Å². The normalized spacial score (nSPS) is 9.00. The molecule has 0 fully saturated rings. The first kappa shape index (κ1) is 8.00. The second-order valence-corrected chi connectivity index (χ2v) is 3.07. The molecule has 3 nitrogen and oxygen atoms in total. The fourth-order valence-electron chi connectivity index (χ4n) is 0.296. The van der Waals surface area contributed by atoms with E-state index in [4.69, 9.17) is 5.73 Å². The van der Waals surface area contributed by atoms with Gasteiger partial charge in [0.1, 0.15) is 21.2 Å². The van der Waals surface area contributed by atoms with Crippen LogP contribution >= 0.6 is 21.2 Å². The van der Waals surface area contributed by atoms with Crippen LogP contribution in [0.4, 0.5) is 0 Å². The monoisotopic (exact) mass is 229 g/mol. The van der Waals surface area contributed by atoms with Gasteiger partial charge in [0.25, 0.3) is 0 Å². The molecule has 0 radical (unpaired) electrons. The van der Waals surface area contributed by atoms with E-state index in [2.05, 4.69) is 0 Å². The molecule has 0 aliphatic rings. The van der Waals surface area contributed by atoms with Crippen molar-refractivity contribution < 1.29 is 7.86 Å². The van der Waals surface area contributed by atoms with Gasteiger partial charge in [-0.3, -0.25) is 7.86 Å². The number of hydrogen-bond donors (Lipinski definition) is 1. The van der Waals surface area contributed by atoms with Crippen molar-refractivity contribution in [3.63, 3.8) is 0 Å². The van der Waals surface area contributed by atoms with Gasteiger partial charge in [0.05, 0.1) is 0 Å². The lowest BCUT2D eigenvalue weighted by molar-refractivity contribution is -0.118. The van der Waals surface area contributed by atoms with Crippen LogP contribution in [0.3, 0.4) is 0 Å². The number of alkyl halides is 1. The van der Waals surface area contributed by atoms with Crippen molar-refractivity contribution in [1.82, 2.24) is 0 Å². The van der Waals surface area contributed by atoms with Crippen molar-refractivity contribution in [1.29, 1.82) is 0 Å². The molecule has 0 saturated heterocycles. The summed E-state index contributed by atoms with van der Waals surface area (Å²) in [6, 6.07) is 0. The van der Waals surface area contributed by atoms with E-state index in [9.17, 15) is 7.86 Å². The second kappa shape index (κ2) is 5.14. The van der Waals surface area contributed by atoms with Crippen molar-refractivity contribution in [3.8, 4) is 0 Å². The van der Waals surface area contributed by atoms with Crippen LogP contribution in [0.25, 0.3) is 0 Å². The summed E-state index contributed by atoms with van der Waals surface area (Å²) in [5, 5.41) is 0. The fourth-order valence-corrected chi connectivity index (χ4v) is 0.988. The zero-order valence-electron chi connectivity index (χ0n) is 4.39. The van der Waals surface area contributed by atoms with Crippen molar-refractivity contribution >= 4 is 27.1 Å². The molecule has 0 atom stereocenters. The lowest BCUT2D eigenvalue weighted by Crippen LogP contribution is -2.09. The van der Waals surface area contributed by atoms with E-state index in [1.54, 1.807) is 0 Å². The Morgan fingerprint density at radius 3 is 2.62 bits per heavy atom. The maximum absolute atomic E-state index is 10.0. The quantitative estimate of drug-likeness (QED) is 0.435. The standard InChI is InChI=1S/C4H8INO2/c6-4(7)2-1-3-5-8/h1-3H2,(H2,6,7). The summed E-state index contributed by atoms with van der Waals surface area (Å²) in [7, 11) is 0. The Labute approximate surface area is 58.3 Å². The first-order valence-corrected chi connectivity index (χ1v) is 4.67. The lowest BCUT2D eigenvalue weighted by Gasteiger charge is -1.85. The Kier molecular flexibility index (Phi) is 5.14. The molecule has 0 aromatic rings. The summed E-state index contributed by atoms with van der Waals surface area (Å²) in [4.78, 5) is 10.0. The van der Waals surface area contributed by atoms with E-state index >= 15 is 0 Å². The van der Waals surface area contributed by atoms with Gasteiger partial charge in [0.2, 0.25) is 5.91 Å². The van der Waals surface area contributed by atoms with E-state index in [1.807, 2.05) is 0 Å². The Bertz CT molecular complexity index is 94.0. The Morgan fingerprint density at radius 1 is 1.62 bits per heavy atom. The number of carbonyl (C=O) groups is 1. The van der Waals surface area contributed by atoms with E-state index in [1.165, 1.54) is 0 Å². The predicted octanol–water partition coefficient (Wildman–Crippen LogP) is 0.568. The molecule has 0 bridgehead atoms. The highest BCUT2D eigenvalue weighted by Gasteiger charge is 1.91. The molecule has 4 heteroatoms. The molecule has 0 heterocycles. The molecule has 8 heavy (non-hydrogen) atoms. The number of hydrogen-bond acceptors (Lipinski definition) is 2. The number of carbonyl (C=O) groups excluding carboxylic acids is 1. The minimum atomic E-state index is -0.882. The Hall–Kier alpha value is -0.0000000000000000555. The van der Waals surface area contributed by atoms with Gasteiger partial charge in [0.15, 0.2) is 0 Å². The van der Waals surface area contributed by atoms with Crippen molar-refractivity contribution in [2.75, 3.05) is 4.43 Å². The van der Waals surface area contributed by atoms with Gasteiger partial charge in [-0.1, -0.05) is 0 Å². The largest absolute Gasteiger partial charge is 0.370 e. The van der Waals surface area contributed by atoms with Crippen LogP contribution in [-0.4, -0.2) is 10.3 Å². The topological polar surface area (TPSA) is 60.2 Å². The minimum absolute atomic E-state index is 0.303. The number of rotatable bonds is 4. The van der Waals surface area contributed by atoms with Gasteiger partial charge >= 0.3 is 0 Å². The van der Waals surface area contributed by atoms with Crippen LogP contribution in [0, 0.1) is 0 Å². The number of amides is 1. The van der Waals surface area contributed by atoms with Crippen molar-refractivity contribution in [2.45, 2.75) is 12.8 Å². The van der Waals surface area contributed by atoms with E-state index in [-0.39, 0.29) is 5.91 Å². The zero-order valence-corrected chi connectivity index (χ0v) is 6.55. The molecule has 2 N–H and O–H groups in total. The van der Waals surface area contributed by atoms with Gasteiger partial charge in [0, 0.05) is 10.8 Å². The average Bonchev–Trinajstić information content (AvgIpc) is 1.66. The fraction of sp³-hybridized carbons (Fsp3) is 0.750.